The molecule has 0 unspecified atom stereocenters. The second-order valence-corrected chi connectivity index (χ2v) is 7.96. The van der Waals surface area contributed by atoms with E-state index < -0.39 is 26.3 Å². The maximum Gasteiger partial charge on any atom is 0.339 e. The van der Waals surface area contributed by atoms with Gasteiger partial charge in [-0.15, -0.1) is 0 Å². The Morgan fingerprint density at radius 3 is 2.29 bits per heavy atom. The summed E-state index contributed by atoms with van der Waals surface area (Å²) in [5.41, 5.74) is -0.699. The van der Waals surface area contributed by atoms with Gasteiger partial charge in [0.1, 0.15) is 22.0 Å². The van der Waals surface area contributed by atoms with Crippen LogP contribution in [-0.4, -0.2) is 32.9 Å². The number of aromatic amines is 2. The van der Waals surface area contributed by atoms with Gasteiger partial charge < -0.3 is 9.17 Å². The zero-order valence-electron chi connectivity index (χ0n) is 15.7. The lowest BCUT2D eigenvalue weighted by molar-refractivity contribution is -0.384. The van der Waals surface area contributed by atoms with Crippen molar-refractivity contribution in [2.24, 2.45) is 7.05 Å². The Morgan fingerprint density at radius 2 is 1.68 bits per heavy atom. The van der Waals surface area contributed by atoms with Gasteiger partial charge in [-0.05, 0) is 36.4 Å². The Labute approximate surface area is 173 Å². The summed E-state index contributed by atoms with van der Waals surface area (Å²) in [6.45, 7) is 0. The van der Waals surface area contributed by atoms with Gasteiger partial charge in [0.15, 0.2) is 5.65 Å². The molecule has 0 aliphatic rings. The molecule has 4 aromatic rings. The number of hydrogen-bond donors (Lipinski definition) is 2. The van der Waals surface area contributed by atoms with Gasteiger partial charge in [-0.25, -0.2) is 9.78 Å². The second-order valence-electron chi connectivity index (χ2n) is 6.42. The number of rotatable bonds is 5. The van der Waals surface area contributed by atoms with Crippen LogP contribution in [-0.2, 0) is 17.2 Å². The van der Waals surface area contributed by atoms with Crippen molar-refractivity contribution in [3.05, 3.63) is 79.5 Å². The van der Waals surface area contributed by atoms with Gasteiger partial charge in [-0.1, -0.05) is 0 Å². The highest BCUT2D eigenvalue weighted by molar-refractivity contribution is 7.87. The molecular formula is C18H13N5O7S. The summed E-state index contributed by atoms with van der Waals surface area (Å²) in [5, 5.41) is 10.7. The molecule has 2 aromatic carbocycles. The molecule has 0 atom stereocenters. The molecule has 2 aromatic heterocycles. The minimum Gasteiger partial charge on any atom is -0.379 e. The van der Waals surface area contributed by atoms with Crippen LogP contribution in [0.2, 0.25) is 0 Å². The second kappa shape index (κ2) is 7.21. The molecule has 0 saturated heterocycles. The number of nitrogens with zero attached hydrogens (tertiary/aromatic N) is 3. The van der Waals surface area contributed by atoms with E-state index in [1.807, 2.05) is 0 Å². The predicted molar refractivity (Wildman–Crippen MR) is 108 cm³/mol. The summed E-state index contributed by atoms with van der Waals surface area (Å²) in [4.78, 5) is 43.2. The van der Waals surface area contributed by atoms with Crippen LogP contribution in [0, 0.1) is 10.1 Å². The first-order chi connectivity index (χ1) is 14.7. The molecule has 0 radical (unpaired) electrons. The van der Waals surface area contributed by atoms with E-state index in [0.29, 0.717) is 5.56 Å². The lowest BCUT2D eigenvalue weighted by atomic mass is 10.2. The summed E-state index contributed by atoms with van der Waals surface area (Å²) in [6, 6.07) is 10.1. The van der Waals surface area contributed by atoms with Crippen molar-refractivity contribution >= 4 is 27.0 Å². The standard InChI is InChI=1S/C18H13N5O7S/c1-22-17(24)14-16(21-18(22)25)20-15(19-14)10-2-8-13(9-3-10)31(28,29)30-12-6-4-11(5-7-12)23(26)27/h2-9H,1H3,(H,19,20)(H,21,25). The van der Waals surface area contributed by atoms with Gasteiger partial charge in [0.05, 0.1) is 4.92 Å². The van der Waals surface area contributed by atoms with Crippen LogP contribution >= 0.6 is 0 Å². The zero-order chi connectivity index (χ0) is 22.3. The summed E-state index contributed by atoms with van der Waals surface area (Å²) >= 11 is 0. The third-order valence-corrected chi connectivity index (χ3v) is 5.68. The summed E-state index contributed by atoms with van der Waals surface area (Å²) in [6.07, 6.45) is 0. The average molecular weight is 443 g/mol. The van der Waals surface area contributed by atoms with Gasteiger partial charge in [-0.3, -0.25) is 24.5 Å². The Hall–Kier alpha value is -4.26. The first-order valence-corrected chi connectivity index (χ1v) is 10.0. The topological polar surface area (TPSA) is 170 Å². The Morgan fingerprint density at radius 1 is 1.03 bits per heavy atom. The molecule has 0 bridgehead atoms. The van der Waals surface area contributed by atoms with E-state index in [0.717, 1.165) is 16.7 Å². The third-order valence-electron chi connectivity index (χ3n) is 4.42. The summed E-state index contributed by atoms with van der Waals surface area (Å²) in [5.74, 6) is 0.181. The van der Waals surface area contributed by atoms with Crippen molar-refractivity contribution in [1.82, 2.24) is 19.5 Å². The molecule has 0 spiro atoms. The van der Waals surface area contributed by atoms with Crippen molar-refractivity contribution in [1.29, 1.82) is 0 Å². The van der Waals surface area contributed by atoms with Crippen molar-refractivity contribution in [2.75, 3.05) is 0 Å². The highest BCUT2D eigenvalue weighted by Gasteiger charge is 2.18. The first-order valence-electron chi connectivity index (χ1n) is 8.64. The Balaban J connectivity index is 1.62. The number of imidazole rings is 1. The van der Waals surface area contributed by atoms with E-state index in [1.54, 1.807) is 0 Å². The van der Waals surface area contributed by atoms with Crippen LogP contribution in [0.3, 0.4) is 0 Å². The van der Waals surface area contributed by atoms with Gasteiger partial charge >= 0.3 is 15.8 Å². The van der Waals surface area contributed by atoms with Crippen molar-refractivity contribution in [2.45, 2.75) is 4.90 Å². The highest BCUT2D eigenvalue weighted by Crippen LogP contribution is 2.24. The first kappa shape index (κ1) is 20.0. The van der Waals surface area contributed by atoms with Crippen molar-refractivity contribution in [3.8, 4) is 17.1 Å². The van der Waals surface area contributed by atoms with E-state index >= 15 is 0 Å². The molecule has 0 fully saturated rings. The molecule has 12 nitrogen and oxygen atoms in total. The predicted octanol–water partition coefficient (Wildman–Crippen LogP) is 1.29. The van der Waals surface area contributed by atoms with Crippen LogP contribution in [0.5, 0.6) is 5.75 Å². The zero-order valence-corrected chi connectivity index (χ0v) is 16.5. The lowest BCUT2D eigenvalue weighted by Gasteiger charge is -2.07. The average Bonchev–Trinajstić information content (AvgIpc) is 3.16. The fourth-order valence-corrected chi connectivity index (χ4v) is 3.71. The van der Waals surface area contributed by atoms with Crippen LogP contribution in [0.4, 0.5) is 5.69 Å². The molecule has 0 aliphatic carbocycles. The van der Waals surface area contributed by atoms with Crippen molar-refractivity contribution in [3.63, 3.8) is 0 Å². The van der Waals surface area contributed by atoms with Crippen LogP contribution in [0.25, 0.3) is 22.6 Å². The number of nitro benzene ring substituents is 1. The monoisotopic (exact) mass is 443 g/mol. The fraction of sp³-hybridized carbons (Fsp3) is 0.0556. The van der Waals surface area contributed by atoms with E-state index in [4.69, 9.17) is 4.18 Å². The maximum absolute atomic E-state index is 12.5. The van der Waals surface area contributed by atoms with Gasteiger partial charge in [-0.2, -0.15) is 8.42 Å². The molecule has 0 aliphatic heterocycles. The SMILES string of the molecule is Cn1c(=O)[nH]c2nc(-c3ccc(S(=O)(=O)Oc4ccc([N+](=O)[O-])cc4)cc3)[nH]c2c1=O. The molecule has 13 heteroatoms. The number of nitro groups is 1. The van der Waals surface area contributed by atoms with Crippen molar-refractivity contribution < 1.29 is 17.5 Å². The number of benzene rings is 2. The quantitative estimate of drug-likeness (QED) is 0.264. The normalized spacial score (nSPS) is 11.5. The number of fused-ring (bicyclic) bond motifs is 1. The number of H-pyrrole nitrogens is 2. The van der Waals surface area contributed by atoms with E-state index in [2.05, 4.69) is 15.0 Å². The number of non-ortho nitro benzene ring substituents is 1. The molecule has 0 amide bonds. The van der Waals surface area contributed by atoms with Crippen LogP contribution in [0.15, 0.2) is 63.0 Å². The van der Waals surface area contributed by atoms with Crippen LogP contribution in [0.1, 0.15) is 0 Å². The number of nitrogens with one attached hydrogen (secondary N) is 2. The smallest absolute Gasteiger partial charge is 0.339 e. The van der Waals surface area contributed by atoms with Gasteiger partial charge in [0, 0.05) is 24.7 Å². The van der Waals surface area contributed by atoms with E-state index in [-0.39, 0.29) is 33.3 Å². The molecular weight excluding hydrogens is 430 g/mol. The third kappa shape index (κ3) is 3.69. The highest BCUT2D eigenvalue weighted by atomic mass is 32.2. The molecule has 2 heterocycles. The number of hydrogen-bond acceptors (Lipinski definition) is 8. The van der Waals surface area contributed by atoms with E-state index in [1.165, 1.54) is 43.4 Å². The molecule has 0 saturated carbocycles. The van der Waals surface area contributed by atoms with Gasteiger partial charge in [0.25, 0.3) is 11.2 Å². The summed E-state index contributed by atoms with van der Waals surface area (Å²) < 4.78 is 30.8. The lowest BCUT2D eigenvalue weighted by Crippen LogP contribution is -2.32. The minimum absolute atomic E-state index is 0.0771. The fourth-order valence-electron chi connectivity index (χ4n) is 2.78. The molecule has 2 N–H and O–H groups in total. The number of aromatic nitrogens is 4. The molecule has 4 rings (SSSR count). The van der Waals surface area contributed by atoms with Crippen LogP contribution < -0.4 is 15.4 Å². The maximum atomic E-state index is 12.5. The van der Waals surface area contributed by atoms with E-state index in [9.17, 15) is 28.1 Å². The largest absolute Gasteiger partial charge is 0.379 e. The Bertz CT molecular complexity index is 1530. The van der Waals surface area contributed by atoms with Gasteiger partial charge in [0.2, 0.25) is 0 Å². The summed E-state index contributed by atoms with van der Waals surface area (Å²) in [7, 11) is -2.86. The minimum atomic E-state index is -4.19. The Kier molecular flexibility index (Phi) is 4.66. The molecule has 158 valence electrons. The molecule has 31 heavy (non-hydrogen) atoms.